The Balaban J connectivity index is 2.86. The summed E-state index contributed by atoms with van der Waals surface area (Å²) < 4.78 is 24.3. The minimum Gasteiger partial charge on any atom is -0.398 e. The highest BCUT2D eigenvalue weighted by Crippen LogP contribution is 2.24. The van der Waals surface area contributed by atoms with Gasteiger partial charge in [-0.15, -0.1) is 0 Å². The number of hydrogen-bond acceptors (Lipinski definition) is 4. The average Bonchev–Trinajstić information content (AvgIpc) is 2.23. The van der Waals surface area contributed by atoms with E-state index in [9.17, 15) is 13.2 Å². The molecule has 0 fully saturated rings. The number of anilines is 1. The molecular formula is C11H15BrN2O3S. The van der Waals surface area contributed by atoms with E-state index < -0.39 is 21.5 Å². The third-order valence-corrected chi connectivity index (χ3v) is 4.42. The molecule has 3 N–H and O–H groups in total. The Morgan fingerprint density at radius 1 is 1.44 bits per heavy atom. The fraction of sp³-hybridized carbons (Fsp3) is 0.364. The van der Waals surface area contributed by atoms with Crippen molar-refractivity contribution in [3.8, 4) is 0 Å². The van der Waals surface area contributed by atoms with Gasteiger partial charge in [0.1, 0.15) is 5.75 Å². The molecule has 18 heavy (non-hydrogen) atoms. The molecule has 5 nitrogen and oxygen atoms in total. The fourth-order valence-electron chi connectivity index (χ4n) is 1.45. The van der Waals surface area contributed by atoms with Crippen LogP contribution in [0.25, 0.3) is 0 Å². The summed E-state index contributed by atoms with van der Waals surface area (Å²) in [7, 11) is -3.52. The number of benzene rings is 1. The molecule has 0 aromatic heterocycles. The van der Waals surface area contributed by atoms with Crippen molar-refractivity contribution in [1.29, 1.82) is 0 Å². The molecule has 0 unspecified atom stereocenters. The molecule has 0 radical (unpaired) electrons. The lowest BCUT2D eigenvalue weighted by molar-refractivity contribution is -0.118. The summed E-state index contributed by atoms with van der Waals surface area (Å²) in [5, 5.41) is 2.46. The lowest BCUT2D eigenvalue weighted by atomic mass is 10.2. The van der Waals surface area contributed by atoms with E-state index in [-0.39, 0.29) is 5.75 Å². The molecule has 0 aliphatic heterocycles. The van der Waals surface area contributed by atoms with E-state index in [2.05, 4.69) is 21.2 Å². The van der Waals surface area contributed by atoms with Crippen LogP contribution < -0.4 is 11.1 Å². The van der Waals surface area contributed by atoms with E-state index in [1.54, 1.807) is 25.1 Å². The van der Waals surface area contributed by atoms with Crippen LogP contribution >= 0.6 is 15.9 Å². The number of nitrogens with one attached hydrogen (secondary N) is 1. The largest absolute Gasteiger partial charge is 0.398 e. The summed E-state index contributed by atoms with van der Waals surface area (Å²) in [4.78, 5) is 11.3. The van der Waals surface area contributed by atoms with Gasteiger partial charge in [-0.05, 0) is 19.1 Å². The Bertz CT molecular complexity index is 523. The van der Waals surface area contributed by atoms with Crippen molar-refractivity contribution in [2.75, 3.05) is 18.0 Å². The molecule has 0 heterocycles. The first-order chi connectivity index (χ1) is 8.35. The first kappa shape index (κ1) is 15.0. The first-order valence-corrected chi connectivity index (χ1v) is 7.97. The molecular weight excluding hydrogens is 320 g/mol. The number of hydrogen-bond donors (Lipinski definition) is 2. The SMILES string of the molecule is CCNC(=O)CS(=O)(=O)Cc1c(N)cccc1Br. The minimum atomic E-state index is -3.52. The summed E-state index contributed by atoms with van der Waals surface area (Å²) in [6, 6.07) is 5.06. The highest BCUT2D eigenvalue weighted by molar-refractivity contribution is 9.10. The quantitative estimate of drug-likeness (QED) is 0.788. The van der Waals surface area contributed by atoms with Crippen LogP contribution in [0.1, 0.15) is 12.5 Å². The van der Waals surface area contributed by atoms with Gasteiger partial charge in [0.15, 0.2) is 9.84 Å². The molecule has 100 valence electrons. The number of rotatable bonds is 5. The van der Waals surface area contributed by atoms with Crippen molar-refractivity contribution in [3.63, 3.8) is 0 Å². The predicted molar refractivity (Wildman–Crippen MR) is 74.7 cm³/mol. The summed E-state index contributed by atoms with van der Waals surface area (Å²) in [5.74, 6) is -1.28. The maximum atomic E-state index is 11.9. The third kappa shape index (κ3) is 4.30. The highest BCUT2D eigenvalue weighted by atomic mass is 79.9. The van der Waals surface area contributed by atoms with Crippen LogP contribution in [0.5, 0.6) is 0 Å². The van der Waals surface area contributed by atoms with Gasteiger partial charge in [-0.25, -0.2) is 8.42 Å². The van der Waals surface area contributed by atoms with E-state index >= 15 is 0 Å². The van der Waals surface area contributed by atoms with E-state index in [0.717, 1.165) is 0 Å². The third-order valence-electron chi connectivity index (χ3n) is 2.24. The zero-order valence-electron chi connectivity index (χ0n) is 9.94. The van der Waals surface area contributed by atoms with Gasteiger partial charge >= 0.3 is 0 Å². The van der Waals surface area contributed by atoms with Gasteiger partial charge in [0.25, 0.3) is 0 Å². The Labute approximate surface area is 115 Å². The van der Waals surface area contributed by atoms with Gasteiger partial charge in [-0.3, -0.25) is 4.79 Å². The highest BCUT2D eigenvalue weighted by Gasteiger charge is 2.19. The van der Waals surface area contributed by atoms with Crippen LogP contribution in [0.4, 0.5) is 5.69 Å². The van der Waals surface area contributed by atoms with Crippen molar-refractivity contribution in [2.24, 2.45) is 0 Å². The standard InChI is InChI=1S/C11H15BrN2O3S/c1-2-14-11(15)7-18(16,17)6-8-9(12)4-3-5-10(8)13/h3-5H,2,6-7,13H2,1H3,(H,14,15). The number of nitrogens with two attached hydrogens (primary N) is 1. The zero-order chi connectivity index (χ0) is 13.8. The molecule has 0 saturated heterocycles. The molecule has 1 aromatic rings. The maximum absolute atomic E-state index is 11.9. The molecule has 1 rings (SSSR count). The van der Waals surface area contributed by atoms with Crippen LogP contribution in [0.2, 0.25) is 0 Å². The van der Waals surface area contributed by atoms with Crippen molar-refractivity contribution in [1.82, 2.24) is 5.32 Å². The summed E-state index contributed by atoms with van der Waals surface area (Å²) >= 11 is 3.25. The van der Waals surface area contributed by atoms with Gasteiger partial charge in [0.05, 0.1) is 5.75 Å². The Morgan fingerprint density at radius 3 is 2.67 bits per heavy atom. The fourth-order valence-corrected chi connectivity index (χ4v) is 3.52. The zero-order valence-corrected chi connectivity index (χ0v) is 12.3. The molecule has 0 aliphatic rings. The van der Waals surface area contributed by atoms with Gasteiger partial charge in [0, 0.05) is 22.3 Å². The van der Waals surface area contributed by atoms with E-state index in [0.29, 0.717) is 22.3 Å². The van der Waals surface area contributed by atoms with Gasteiger partial charge in [0.2, 0.25) is 5.91 Å². The minimum absolute atomic E-state index is 0.253. The topological polar surface area (TPSA) is 89.3 Å². The van der Waals surface area contributed by atoms with Crippen LogP contribution in [0.3, 0.4) is 0 Å². The van der Waals surface area contributed by atoms with Crippen molar-refractivity contribution >= 4 is 37.4 Å². The first-order valence-electron chi connectivity index (χ1n) is 5.35. The summed E-state index contributed by atoms with van der Waals surface area (Å²) in [5.41, 5.74) is 6.60. The number of nitrogen functional groups attached to an aromatic ring is 1. The molecule has 1 amide bonds. The molecule has 7 heteroatoms. The number of amides is 1. The van der Waals surface area contributed by atoms with E-state index in [1.165, 1.54) is 0 Å². The van der Waals surface area contributed by atoms with Gasteiger partial charge < -0.3 is 11.1 Å². The number of sulfone groups is 1. The lowest BCUT2D eigenvalue weighted by Gasteiger charge is -2.09. The number of carbonyl (C=O) groups is 1. The monoisotopic (exact) mass is 334 g/mol. The average molecular weight is 335 g/mol. The van der Waals surface area contributed by atoms with E-state index in [4.69, 9.17) is 5.73 Å². The van der Waals surface area contributed by atoms with Crippen molar-refractivity contribution in [3.05, 3.63) is 28.2 Å². The second kappa shape index (κ2) is 6.19. The predicted octanol–water partition coefficient (Wildman–Crippen LogP) is 1.08. The molecule has 0 saturated carbocycles. The van der Waals surface area contributed by atoms with E-state index in [1.807, 2.05) is 0 Å². The van der Waals surface area contributed by atoms with Crippen LogP contribution in [-0.4, -0.2) is 26.6 Å². The molecule has 0 bridgehead atoms. The lowest BCUT2D eigenvalue weighted by Crippen LogP contribution is -2.30. The molecule has 1 aromatic carbocycles. The Morgan fingerprint density at radius 2 is 2.11 bits per heavy atom. The smallest absolute Gasteiger partial charge is 0.235 e. The van der Waals surface area contributed by atoms with Crippen molar-refractivity contribution < 1.29 is 13.2 Å². The van der Waals surface area contributed by atoms with Gasteiger partial charge in [-0.2, -0.15) is 0 Å². The maximum Gasteiger partial charge on any atom is 0.235 e. The van der Waals surface area contributed by atoms with Crippen molar-refractivity contribution in [2.45, 2.75) is 12.7 Å². The molecule has 0 atom stereocenters. The van der Waals surface area contributed by atoms with Gasteiger partial charge in [-0.1, -0.05) is 22.0 Å². The summed E-state index contributed by atoms with van der Waals surface area (Å²) in [6.45, 7) is 2.14. The Kier molecular flexibility index (Phi) is 5.15. The second-order valence-electron chi connectivity index (χ2n) is 3.79. The summed E-state index contributed by atoms with van der Waals surface area (Å²) in [6.07, 6.45) is 0. The molecule has 0 aliphatic carbocycles. The van der Waals surface area contributed by atoms with Crippen LogP contribution in [0.15, 0.2) is 22.7 Å². The normalized spacial score (nSPS) is 11.2. The van der Waals surface area contributed by atoms with Crippen LogP contribution in [0, 0.1) is 0 Å². The van der Waals surface area contributed by atoms with Crippen LogP contribution in [-0.2, 0) is 20.4 Å². The Hall–Kier alpha value is -1.08. The second-order valence-corrected chi connectivity index (χ2v) is 6.71. The number of carbonyl (C=O) groups excluding carboxylic acids is 1. The number of halogens is 1. The molecule has 0 spiro atoms.